The van der Waals surface area contributed by atoms with Crippen molar-refractivity contribution in [3.8, 4) is 0 Å². The Morgan fingerprint density at radius 2 is 2.00 bits per heavy atom. The zero-order valence-corrected chi connectivity index (χ0v) is 22.8. The van der Waals surface area contributed by atoms with Gasteiger partial charge in [-0.1, -0.05) is 20.8 Å². The minimum atomic E-state index is -0.504. The van der Waals surface area contributed by atoms with Crippen molar-refractivity contribution in [1.82, 2.24) is 30.3 Å². The number of halogens is 1. The van der Waals surface area contributed by atoms with Crippen LogP contribution in [-0.4, -0.2) is 70.0 Å². The van der Waals surface area contributed by atoms with Gasteiger partial charge >= 0.3 is 6.09 Å². The molecule has 1 aromatic rings. The fourth-order valence-corrected chi connectivity index (χ4v) is 2.94. The van der Waals surface area contributed by atoms with E-state index in [0.29, 0.717) is 12.5 Å². The summed E-state index contributed by atoms with van der Waals surface area (Å²) in [6.45, 7) is 16.9. The van der Waals surface area contributed by atoms with Crippen LogP contribution in [0.15, 0.2) is 11.3 Å². The highest BCUT2D eigenvalue weighted by atomic mass is 127. The number of rotatable bonds is 10. The lowest BCUT2D eigenvalue weighted by Gasteiger charge is -2.28. The van der Waals surface area contributed by atoms with Gasteiger partial charge in [-0.25, -0.2) is 4.79 Å². The summed E-state index contributed by atoms with van der Waals surface area (Å²) in [5, 5.41) is 14.4. The number of ether oxygens (including phenoxy) is 1. The van der Waals surface area contributed by atoms with Gasteiger partial charge in [0.1, 0.15) is 17.8 Å². The molecule has 9 nitrogen and oxygen atoms in total. The molecule has 0 aliphatic heterocycles. The average molecular weight is 552 g/mol. The molecular formula is C21H42IN7O2. The van der Waals surface area contributed by atoms with Gasteiger partial charge in [-0.3, -0.25) is 4.99 Å². The summed E-state index contributed by atoms with van der Waals surface area (Å²) in [5.41, 5.74) is -0.504. The standard InChI is InChI=1S/C21H41N7O2.HI/c1-9-18-26-24-15-28(18)14-12-23-19(22-10-2)27(8)13-11-17(16(3)4)25-20(29)30-21(5,6)7;/h15-17H,9-14H2,1-8H3,(H,22,23)(H,25,29);1H. The third-order valence-electron chi connectivity index (χ3n) is 4.59. The second-order valence-electron chi connectivity index (χ2n) is 8.74. The van der Waals surface area contributed by atoms with Crippen molar-refractivity contribution in [3.63, 3.8) is 0 Å². The maximum atomic E-state index is 12.2. The van der Waals surface area contributed by atoms with Gasteiger partial charge in [0.15, 0.2) is 5.96 Å². The van der Waals surface area contributed by atoms with Gasteiger partial charge in [0.2, 0.25) is 0 Å². The first kappa shape index (κ1) is 29.4. The van der Waals surface area contributed by atoms with E-state index in [-0.39, 0.29) is 36.1 Å². The Balaban J connectivity index is 0.00000900. The molecule has 1 heterocycles. The van der Waals surface area contributed by atoms with Crippen LogP contribution < -0.4 is 10.6 Å². The molecule has 0 aliphatic rings. The normalized spacial score (nSPS) is 12.9. The highest BCUT2D eigenvalue weighted by molar-refractivity contribution is 14.0. The van der Waals surface area contributed by atoms with Crippen molar-refractivity contribution in [2.24, 2.45) is 10.9 Å². The Morgan fingerprint density at radius 3 is 2.55 bits per heavy atom. The molecule has 0 aliphatic carbocycles. The third-order valence-corrected chi connectivity index (χ3v) is 4.59. The number of hydrogen-bond acceptors (Lipinski definition) is 5. The van der Waals surface area contributed by atoms with Crippen LogP contribution in [-0.2, 0) is 17.7 Å². The van der Waals surface area contributed by atoms with Crippen molar-refractivity contribution in [1.29, 1.82) is 0 Å². The summed E-state index contributed by atoms with van der Waals surface area (Å²) in [7, 11) is 2.02. The van der Waals surface area contributed by atoms with Crippen LogP contribution in [0.25, 0.3) is 0 Å². The molecule has 2 N–H and O–H groups in total. The molecule has 0 saturated carbocycles. The molecule has 0 spiro atoms. The largest absolute Gasteiger partial charge is 0.444 e. The molecule has 0 bridgehead atoms. The van der Waals surface area contributed by atoms with Crippen LogP contribution in [0.5, 0.6) is 0 Å². The van der Waals surface area contributed by atoms with Crippen LogP contribution in [0.2, 0.25) is 0 Å². The van der Waals surface area contributed by atoms with E-state index in [4.69, 9.17) is 9.73 Å². The predicted molar refractivity (Wildman–Crippen MR) is 136 cm³/mol. The summed E-state index contributed by atoms with van der Waals surface area (Å²) in [5.74, 6) is 2.12. The number of carbonyl (C=O) groups excluding carboxylic acids is 1. The number of hydrogen-bond donors (Lipinski definition) is 2. The van der Waals surface area contributed by atoms with Gasteiger partial charge in [-0.15, -0.1) is 34.2 Å². The van der Waals surface area contributed by atoms with E-state index in [1.165, 1.54) is 0 Å². The number of carbonyl (C=O) groups is 1. The number of guanidine groups is 1. The molecule has 1 unspecified atom stereocenters. The Kier molecular flexibility index (Phi) is 13.7. The Hall–Kier alpha value is -1.59. The maximum absolute atomic E-state index is 12.2. The lowest BCUT2D eigenvalue weighted by molar-refractivity contribution is 0.0486. The maximum Gasteiger partial charge on any atom is 0.407 e. The molecule has 0 saturated heterocycles. The van der Waals surface area contributed by atoms with Gasteiger partial charge in [0, 0.05) is 39.1 Å². The number of alkyl carbamates (subject to hydrolysis) is 1. The molecule has 180 valence electrons. The molecule has 1 atom stereocenters. The highest BCUT2D eigenvalue weighted by Gasteiger charge is 2.22. The fourth-order valence-electron chi connectivity index (χ4n) is 2.94. The molecule has 0 fully saturated rings. The van der Waals surface area contributed by atoms with Crippen LogP contribution in [0, 0.1) is 5.92 Å². The first-order valence-corrected chi connectivity index (χ1v) is 10.9. The van der Waals surface area contributed by atoms with Crippen molar-refractivity contribution in [3.05, 3.63) is 12.2 Å². The van der Waals surface area contributed by atoms with Gasteiger partial charge in [-0.2, -0.15) is 0 Å². The Labute approximate surface area is 204 Å². The molecule has 10 heteroatoms. The highest BCUT2D eigenvalue weighted by Crippen LogP contribution is 2.11. The molecule has 0 radical (unpaired) electrons. The van der Waals surface area contributed by atoms with Crippen molar-refractivity contribution < 1.29 is 9.53 Å². The fraction of sp³-hybridized carbons (Fsp3) is 0.810. The van der Waals surface area contributed by atoms with Crippen LogP contribution in [0.1, 0.15) is 60.7 Å². The lowest BCUT2D eigenvalue weighted by atomic mass is 10.0. The zero-order chi connectivity index (χ0) is 22.7. The van der Waals surface area contributed by atoms with E-state index in [1.807, 2.05) is 32.4 Å². The summed E-state index contributed by atoms with van der Waals surface area (Å²) >= 11 is 0. The van der Waals surface area contributed by atoms with E-state index in [1.54, 1.807) is 6.33 Å². The van der Waals surface area contributed by atoms with Gasteiger partial charge in [-0.05, 0) is 40.0 Å². The quantitative estimate of drug-likeness (QED) is 0.263. The molecular weight excluding hydrogens is 509 g/mol. The number of aryl methyl sites for hydroxylation is 1. The average Bonchev–Trinajstić information content (AvgIpc) is 3.10. The van der Waals surface area contributed by atoms with E-state index in [9.17, 15) is 4.79 Å². The van der Waals surface area contributed by atoms with Gasteiger partial charge in [0.25, 0.3) is 0 Å². The number of nitrogens with one attached hydrogen (secondary N) is 2. The van der Waals surface area contributed by atoms with Gasteiger partial charge in [0.05, 0.1) is 6.54 Å². The second kappa shape index (κ2) is 14.5. The van der Waals surface area contributed by atoms with E-state index >= 15 is 0 Å². The predicted octanol–water partition coefficient (Wildman–Crippen LogP) is 3.30. The zero-order valence-electron chi connectivity index (χ0n) is 20.4. The summed E-state index contributed by atoms with van der Waals surface area (Å²) in [6, 6.07) is 0.0225. The summed E-state index contributed by atoms with van der Waals surface area (Å²) < 4.78 is 7.44. The summed E-state index contributed by atoms with van der Waals surface area (Å²) in [4.78, 5) is 19.0. The van der Waals surface area contributed by atoms with Gasteiger partial charge < -0.3 is 24.8 Å². The van der Waals surface area contributed by atoms with Crippen molar-refractivity contribution in [2.45, 2.75) is 79.5 Å². The number of aliphatic imine (C=N–C) groups is 1. The molecule has 31 heavy (non-hydrogen) atoms. The van der Waals surface area contributed by atoms with Crippen LogP contribution in [0.3, 0.4) is 0 Å². The van der Waals surface area contributed by atoms with Crippen molar-refractivity contribution in [2.75, 3.05) is 26.7 Å². The molecule has 1 amide bonds. The van der Waals surface area contributed by atoms with E-state index < -0.39 is 5.60 Å². The lowest BCUT2D eigenvalue weighted by Crippen LogP contribution is -2.45. The minimum absolute atomic E-state index is 0. The number of amides is 1. The first-order valence-electron chi connectivity index (χ1n) is 10.9. The minimum Gasteiger partial charge on any atom is -0.444 e. The number of nitrogens with zero attached hydrogens (tertiary/aromatic N) is 5. The molecule has 1 aromatic heterocycles. The molecule has 0 aromatic carbocycles. The Morgan fingerprint density at radius 1 is 1.32 bits per heavy atom. The van der Waals surface area contributed by atoms with Crippen molar-refractivity contribution >= 4 is 36.0 Å². The monoisotopic (exact) mass is 551 g/mol. The van der Waals surface area contributed by atoms with E-state index in [2.05, 4.69) is 53.4 Å². The Bertz CT molecular complexity index is 671. The SMILES string of the molecule is CCNC(=NCCn1cnnc1CC)N(C)CCC(NC(=O)OC(C)(C)C)C(C)C.I. The number of aromatic nitrogens is 3. The summed E-state index contributed by atoms with van der Waals surface area (Å²) in [6.07, 6.45) is 3.03. The first-order chi connectivity index (χ1) is 14.1. The smallest absolute Gasteiger partial charge is 0.407 e. The van der Waals surface area contributed by atoms with E-state index in [0.717, 1.165) is 44.3 Å². The molecule has 1 rings (SSSR count). The second-order valence-corrected chi connectivity index (χ2v) is 8.74. The van der Waals surface area contributed by atoms with Crippen LogP contribution in [0.4, 0.5) is 4.79 Å². The van der Waals surface area contributed by atoms with Crippen LogP contribution >= 0.6 is 24.0 Å². The topological polar surface area (TPSA) is 96.7 Å². The third kappa shape index (κ3) is 11.6.